The van der Waals surface area contributed by atoms with Crippen LogP contribution in [0.4, 0.5) is 5.69 Å². The summed E-state index contributed by atoms with van der Waals surface area (Å²) in [5.74, 6) is -1.27. The highest BCUT2D eigenvalue weighted by atomic mass is 79.9. The Kier molecular flexibility index (Phi) is 10.4. The molecule has 9 nitrogen and oxygen atoms in total. The van der Waals surface area contributed by atoms with Crippen LogP contribution in [0.15, 0.2) is 70.2 Å². The van der Waals surface area contributed by atoms with Crippen molar-refractivity contribution in [2.75, 3.05) is 18.5 Å². The van der Waals surface area contributed by atoms with Gasteiger partial charge in [0.25, 0.3) is 5.91 Å². The van der Waals surface area contributed by atoms with Crippen molar-refractivity contribution in [3.8, 4) is 11.5 Å². The highest BCUT2D eigenvalue weighted by molar-refractivity contribution is 9.10. The van der Waals surface area contributed by atoms with E-state index in [1.54, 1.807) is 12.1 Å². The third kappa shape index (κ3) is 8.17. The first-order chi connectivity index (χ1) is 18.3. The highest BCUT2D eigenvalue weighted by Crippen LogP contribution is 2.36. The first-order valence-corrected chi connectivity index (χ1v) is 12.7. The van der Waals surface area contributed by atoms with Gasteiger partial charge in [-0.1, -0.05) is 48.5 Å². The number of para-hydroxylation sites is 1. The lowest BCUT2D eigenvalue weighted by Gasteiger charge is -2.15. The minimum absolute atomic E-state index is 0.228. The molecule has 10 heteroatoms. The predicted octanol–water partition coefficient (Wildman–Crippen LogP) is 4.25. The van der Waals surface area contributed by atoms with E-state index in [0.29, 0.717) is 28.1 Å². The number of anilines is 1. The average molecular weight is 581 g/mol. The Morgan fingerprint density at radius 1 is 0.947 bits per heavy atom. The number of hydrogen-bond acceptors (Lipinski definition) is 6. The lowest BCUT2D eigenvalue weighted by Crippen LogP contribution is -2.37. The van der Waals surface area contributed by atoms with Crippen LogP contribution in [-0.4, -0.2) is 37.1 Å². The van der Waals surface area contributed by atoms with Crippen LogP contribution in [0.3, 0.4) is 0 Å². The normalized spacial score (nSPS) is 10.6. The molecule has 3 aromatic carbocycles. The molecule has 0 saturated carbocycles. The Morgan fingerprint density at radius 2 is 1.66 bits per heavy atom. The fraction of sp³-hybridized carbons (Fsp3) is 0.214. The standard InChI is InChI=1S/C28H29BrN4O5/c1-4-37-23-14-21(16-31-33-28(36)27(35)30-15-20-11-6-5-7-12-20)13-22(29)26(23)38-17-24(34)32-25-18(2)9-8-10-19(25)3/h5-14,16H,4,15,17H2,1-3H3,(H,30,35)(H,32,34)(H,33,36)/b31-16+. The summed E-state index contributed by atoms with van der Waals surface area (Å²) < 4.78 is 12.0. The van der Waals surface area contributed by atoms with Crippen LogP contribution in [0.25, 0.3) is 0 Å². The van der Waals surface area contributed by atoms with Gasteiger partial charge in [0.15, 0.2) is 18.1 Å². The van der Waals surface area contributed by atoms with Crippen molar-refractivity contribution >= 4 is 45.6 Å². The maximum Gasteiger partial charge on any atom is 0.329 e. The third-order valence-corrected chi connectivity index (χ3v) is 5.90. The van der Waals surface area contributed by atoms with Crippen molar-refractivity contribution in [2.45, 2.75) is 27.3 Å². The number of carbonyl (C=O) groups is 3. The SMILES string of the molecule is CCOc1cc(/C=N/NC(=O)C(=O)NCc2ccccc2)cc(Br)c1OCC(=O)Nc1c(C)cccc1C. The molecule has 3 aromatic rings. The minimum atomic E-state index is -0.892. The van der Waals surface area contributed by atoms with Crippen LogP contribution in [-0.2, 0) is 20.9 Å². The maximum absolute atomic E-state index is 12.5. The van der Waals surface area contributed by atoms with E-state index in [0.717, 1.165) is 22.4 Å². The molecule has 0 radical (unpaired) electrons. The Morgan fingerprint density at radius 3 is 2.34 bits per heavy atom. The molecule has 0 aliphatic carbocycles. The number of aryl methyl sites for hydroxylation is 2. The van der Waals surface area contributed by atoms with E-state index < -0.39 is 11.8 Å². The van der Waals surface area contributed by atoms with Crippen molar-refractivity contribution in [1.82, 2.24) is 10.7 Å². The number of hydrazone groups is 1. The van der Waals surface area contributed by atoms with Crippen molar-refractivity contribution in [3.05, 3.63) is 87.4 Å². The van der Waals surface area contributed by atoms with Gasteiger partial charge in [0.05, 0.1) is 17.3 Å². The summed E-state index contributed by atoms with van der Waals surface area (Å²) >= 11 is 3.45. The average Bonchev–Trinajstić information content (AvgIpc) is 2.89. The van der Waals surface area contributed by atoms with Gasteiger partial charge >= 0.3 is 11.8 Å². The van der Waals surface area contributed by atoms with Gasteiger partial charge in [0.1, 0.15) is 0 Å². The number of nitrogens with zero attached hydrogens (tertiary/aromatic N) is 1. The molecule has 0 fully saturated rings. The zero-order chi connectivity index (χ0) is 27.5. The van der Waals surface area contributed by atoms with Crippen LogP contribution in [0.5, 0.6) is 11.5 Å². The van der Waals surface area contributed by atoms with Gasteiger partial charge in [0.2, 0.25) is 0 Å². The third-order valence-electron chi connectivity index (χ3n) is 5.31. The molecule has 0 spiro atoms. The molecular formula is C28H29BrN4O5. The summed E-state index contributed by atoms with van der Waals surface area (Å²) in [4.78, 5) is 36.6. The van der Waals surface area contributed by atoms with Crippen LogP contribution < -0.4 is 25.5 Å². The number of benzene rings is 3. The quantitative estimate of drug-likeness (QED) is 0.188. The second kappa shape index (κ2) is 13.9. The van der Waals surface area contributed by atoms with Crippen LogP contribution in [0.2, 0.25) is 0 Å². The van der Waals surface area contributed by atoms with Gasteiger partial charge in [-0.3, -0.25) is 14.4 Å². The van der Waals surface area contributed by atoms with Crippen LogP contribution in [0.1, 0.15) is 29.2 Å². The zero-order valence-corrected chi connectivity index (χ0v) is 22.9. The van der Waals surface area contributed by atoms with E-state index in [1.807, 2.05) is 69.3 Å². The zero-order valence-electron chi connectivity index (χ0n) is 21.3. The molecule has 3 rings (SSSR count). The Hall–Kier alpha value is -4.18. The summed E-state index contributed by atoms with van der Waals surface area (Å²) in [5.41, 5.74) is 6.31. The van der Waals surface area contributed by atoms with Crippen molar-refractivity contribution in [1.29, 1.82) is 0 Å². The molecule has 0 aliphatic rings. The van der Waals surface area contributed by atoms with Gasteiger partial charge in [-0.2, -0.15) is 5.10 Å². The van der Waals surface area contributed by atoms with E-state index in [4.69, 9.17) is 9.47 Å². The van der Waals surface area contributed by atoms with Gasteiger partial charge < -0.3 is 20.1 Å². The number of hydrogen-bond donors (Lipinski definition) is 3. The number of carbonyl (C=O) groups excluding carboxylic acids is 3. The molecule has 0 heterocycles. The van der Waals surface area contributed by atoms with Crippen LogP contribution >= 0.6 is 15.9 Å². The lowest BCUT2D eigenvalue weighted by molar-refractivity contribution is -0.139. The highest BCUT2D eigenvalue weighted by Gasteiger charge is 2.16. The first kappa shape index (κ1) is 28.4. The van der Waals surface area contributed by atoms with Gasteiger partial charge in [-0.15, -0.1) is 0 Å². The van der Waals surface area contributed by atoms with E-state index >= 15 is 0 Å². The predicted molar refractivity (Wildman–Crippen MR) is 149 cm³/mol. The van der Waals surface area contributed by atoms with Gasteiger partial charge in [0, 0.05) is 12.2 Å². The number of nitrogens with one attached hydrogen (secondary N) is 3. The molecule has 0 unspecified atom stereocenters. The Bertz CT molecular complexity index is 1310. The van der Waals surface area contributed by atoms with Gasteiger partial charge in [-0.05, 0) is 71.1 Å². The Labute approximate surface area is 229 Å². The number of ether oxygens (including phenoxy) is 2. The van der Waals surface area contributed by atoms with E-state index in [2.05, 4.69) is 37.1 Å². The smallest absolute Gasteiger partial charge is 0.329 e. The van der Waals surface area contributed by atoms with E-state index in [-0.39, 0.29) is 19.1 Å². The molecular weight excluding hydrogens is 552 g/mol. The summed E-state index contributed by atoms with van der Waals surface area (Å²) in [5, 5.41) is 9.28. The topological polar surface area (TPSA) is 118 Å². The van der Waals surface area contributed by atoms with Crippen molar-refractivity contribution in [2.24, 2.45) is 5.10 Å². The molecule has 3 amide bonds. The summed E-state index contributed by atoms with van der Waals surface area (Å²) in [6.45, 7) is 6.02. The molecule has 0 atom stereocenters. The fourth-order valence-corrected chi connectivity index (χ4v) is 4.04. The molecule has 3 N–H and O–H groups in total. The minimum Gasteiger partial charge on any atom is -0.490 e. The first-order valence-electron chi connectivity index (χ1n) is 11.9. The largest absolute Gasteiger partial charge is 0.490 e. The number of rotatable bonds is 10. The van der Waals surface area contributed by atoms with E-state index in [9.17, 15) is 14.4 Å². The molecule has 0 saturated heterocycles. The molecule has 0 aliphatic heterocycles. The Balaban J connectivity index is 1.60. The summed E-state index contributed by atoms with van der Waals surface area (Å²) in [7, 11) is 0. The second-order valence-corrected chi connectivity index (χ2v) is 9.09. The van der Waals surface area contributed by atoms with E-state index in [1.165, 1.54) is 6.21 Å². The number of halogens is 1. The lowest BCUT2D eigenvalue weighted by atomic mass is 10.1. The fourth-order valence-electron chi connectivity index (χ4n) is 3.47. The molecule has 198 valence electrons. The molecule has 0 aromatic heterocycles. The molecule has 38 heavy (non-hydrogen) atoms. The second-order valence-electron chi connectivity index (χ2n) is 8.23. The molecule has 0 bridgehead atoms. The van der Waals surface area contributed by atoms with Gasteiger partial charge in [-0.25, -0.2) is 5.43 Å². The van der Waals surface area contributed by atoms with Crippen molar-refractivity contribution < 1.29 is 23.9 Å². The summed E-state index contributed by atoms with van der Waals surface area (Å²) in [6, 6.07) is 18.4. The maximum atomic E-state index is 12.5. The van der Waals surface area contributed by atoms with Crippen LogP contribution in [0, 0.1) is 13.8 Å². The monoisotopic (exact) mass is 580 g/mol. The number of amides is 3. The van der Waals surface area contributed by atoms with Crippen molar-refractivity contribution in [3.63, 3.8) is 0 Å². The summed E-state index contributed by atoms with van der Waals surface area (Å²) in [6.07, 6.45) is 1.37.